The number of rotatable bonds is 13. The predicted molar refractivity (Wildman–Crippen MR) is 174 cm³/mol. The lowest BCUT2D eigenvalue weighted by Gasteiger charge is -2.04. The molecule has 16 heteroatoms. The molecule has 0 saturated carbocycles. The van der Waals surface area contributed by atoms with Crippen LogP contribution in [0.1, 0.15) is 48.5 Å². The maximum atomic E-state index is 10.9. The summed E-state index contributed by atoms with van der Waals surface area (Å²) >= 11 is 4.87. The molecular formula is C28H53ClN8O7. The molecule has 15 nitrogen and oxygen atoms in total. The highest BCUT2D eigenvalue weighted by atomic mass is 35.5. The van der Waals surface area contributed by atoms with E-state index in [9.17, 15) is 33.6 Å². The zero-order valence-corrected chi connectivity index (χ0v) is 27.9. The maximum absolute atomic E-state index is 10.9. The minimum Gasteiger partial charge on any atom is -0.355 e. The average molecular weight is 649 g/mol. The van der Waals surface area contributed by atoms with Crippen LogP contribution in [-0.2, 0) is 33.6 Å². The first-order valence-corrected chi connectivity index (χ1v) is 13.7. The van der Waals surface area contributed by atoms with Gasteiger partial charge in [-0.25, -0.2) is 0 Å². The van der Waals surface area contributed by atoms with Gasteiger partial charge in [0.15, 0.2) is 0 Å². The van der Waals surface area contributed by atoms with Gasteiger partial charge in [0.05, 0.1) is 0 Å². The zero-order chi connectivity index (χ0) is 35.7. The summed E-state index contributed by atoms with van der Waals surface area (Å²) in [6.45, 7) is 24.8. The minimum atomic E-state index is -0.463. The Bertz CT molecular complexity index is 867. The number of hydrogen-bond donors (Lipinski definition) is 8. The number of amides is 6. The second-order valence-electron chi connectivity index (χ2n) is 8.64. The number of nitrogens with two attached hydrogens (primary N) is 2. The van der Waals surface area contributed by atoms with E-state index in [1.807, 2.05) is 0 Å². The molecule has 0 aliphatic heterocycles. The van der Waals surface area contributed by atoms with Crippen molar-refractivity contribution in [3.63, 3.8) is 0 Å². The molecule has 0 aliphatic carbocycles. The molecule has 0 saturated heterocycles. The van der Waals surface area contributed by atoms with Crippen LogP contribution in [0.2, 0.25) is 0 Å². The molecule has 254 valence electrons. The van der Waals surface area contributed by atoms with Crippen LogP contribution in [0.4, 0.5) is 0 Å². The van der Waals surface area contributed by atoms with Gasteiger partial charge in [-0.1, -0.05) is 19.7 Å². The Kier molecular flexibility index (Phi) is 39.6. The van der Waals surface area contributed by atoms with Crippen LogP contribution < -0.4 is 43.4 Å². The van der Waals surface area contributed by atoms with Crippen molar-refractivity contribution >= 4 is 52.3 Å². The van der Waals surface area contributed by atoms with Gasteiger partial charge in [0.25, 0.3) is 0 Å². The molecule has 0 unspecified atom stereocenters. The van der Waals surface area contributed by atoms with Crippen molar-refractivity contribution < 1.29 is 33.6 Å². The molecule has 0 radical (unpaired) electrons. The van der Waals surface area contributed by atoms with Gasteiger partial charge in [0.1, 0.15) is 0 Å². The van der Waals surface area contributed by atoms with E-state index < -0.39 is 5.24 Å². The lowest BCUT2D eigenvalue weighted by molar-refractivity contribution is -0.120. The van der Waals surface area contributed by atoms with Crippen molar-refractivity contribution in [1.29, 1.82) is 0 Å². The molecule has 0 rings (SSSR count). The van der Waals surface area contributed by atoms with E-state index in [0.717, 1.165) is 0 Å². The number of carbonyl (C=O) groups excluding carboxylic acids is 7. The molecule has 0 spiro atoms. The van der Waals surface area contributed by atoms with E-state index in [0.29, 0.717) is 69.1 Å². The van der Waals surface area contributed by atoms with Gasteiger partial charge >= 0.3 is 0 Å². The van der Waals surface area contributed by atoms with Crippen molar-refractivity contribution in [2.45, 2.75) is 48.5 Å². The number of allylic oxidation sites excluding steroid dienone is 1. The van der Waals surface area contributed by atoms with Crippen LogP contribution in [0.25, 0.3) is 0 Å². The van der Waals surface area contributed by atoms with Gasteiger partial charge < -0.3 is 43.4 Å². The van der Waals surface area contributed by atoms with Crippen molar-refractivity contribution in [1.82, 2.24) is 31.9 Å². The van der Waals surface area contributed by atoms with Crippen LogP contribution in [0.3, 0.4) is 0 Å². The number of hydrogen-bond acceptors (Lipinski definition) is 9. The van der Waals surface area contributed by atoms with Crippen LogP contribution >= 0.6 is 11.6 Å². The lowest BCUT2D eigenvalue weighted by atomic mass is 10.3. The van der Waals surface area contributed by atoms with Crippen LogP contribution in [0, 0.1) is 0 Å². The summed E-state index contributed by atoms with van der Waals surface area (Å²) in [6.07, 6.45) is 0. The molecule has 0 heterocycles. The average Bonchev–Trinajstić information content (AvgIpc) is 2.91. The summed E-state index contributed by atoms with van der Waals surface area (Å²) < 4.78 is 0. The fourth-order valence-electron chi connectivity index (χ4n) is 1.63. The Hall–Kier alpha value is -4.08. The van der Waals surface area contributed by atoms with Crippen LogP contribution in [-0.4, -0.2) is 93.0 Å². The quantitative estimate of drug-likeness (QED) is 0.0701. The third-order valence-electron chi connectivity index (χ3n) is 3.72. The largest absolute Gasteiger partial charge is 0.355 e. The minimum absolute atomic E-state index is 0.0227. The van der Waals surface area contributed by atoms with Gasteiger partial charge in [0, 0.05) is 96.8 Å². The zero-order valence-electron chi connectivity index (χ0n) is 27.2. The second-order valence-corrected chi connectivity index (χ2v) is 8.98. The van der Waals surface area contributed by atoms with Gasteiger partial charge in [-0.15, -0.1) is 0 Å². The summed E-state index contributed by atoms with van der Waals surface area (Å²) in [4.78, 5) is 72.4. The Morgan fingerprint density at radius 1 is 0.455 bits per heavy atom. The molecule has 0 atom stereocenters. The third-order valence-corrected chi connectivity index (χ3v) is 4.04. The van der Waals surface area contributed by atoms with Crippen LogP contribution in [0.5, 0.6) is 0 Å². The monoisotopic (exact) mass is 648 g/mol. The Labute approximate surface area is 266 Å². The predicted octanol–water partition coefficient (Wildman–Crippen LogP) is -0.880. The number of nitrogens with one attached hydrogen (secondary N) is 6. The molecule has 0 bridgehead atoms. The van der Waals surface area contributed by atoms with E-state index in [2.05, 4.69) is 51.6 Å². The van der Waals surface area contributed by atoms with E-state index in [1.165, 1.54) is 27.7 Å². The molecule has 0 aromatic heterocycles. The topological polar surface area (TPSA) is 244 Å². The van der Waals surface area contributed by atoms with Gasteiger partial charge in [-0.2, -0.15) is 0 Å². The lowest BCUT2D eigenvalue weighted by Crippen LogP contribution is -2.33. The van der Waals surface area contributed by atoms with Crippen molar-refractivity contribution in [2.75, 3.05) is 52.4 Å². The fourth-order valence-corrected chi connectivity index (χ4v) is 1.63. The van der Waals surface area contributed by atoms with E-state index >= 15 is 0 Å². The molecule has 0 aromatic rings. The molecular weight excluding hydrogens is 596 g/mol. The standard InChI is InChI=1S/2C8H14N2O2.C4H5ClO.2C4H10N2O/c2*1-6(2)8(12)10-5-4-9-7(3)11;1-3(2)4(5)6;2*1-4(7)6-3-2-5/h2*1,4-5H2,2-3H3,(H,9,11)(H,10,12);1H2,2H3;2*2-3,5H2,1H3,(H,6,7). The van der Waals surface area contributed by atoms with Crippen LogP contribution in [0.15, 0.2) is 36.5 Å². The highest BCUT2D eigenvalue weighted by molar-refractivity contribution is 6.67. The van der Waals surface area contributed by atoms with E-state index in [1.54, 1.807) is 20.8 Å². The number of carbonyl (C=O) groups is 7. The summed E-state index contributed by atoms with van der Waals surface area (Å²) in [7, 11) is 0. The normalized spacial score (nSPS) is 8.50. The van der Waals surface area contributed by atoms with E-state index in [-0.39, 0.29) is 35.4 Å². The Balaban J connectivity index is -0.000000149. The highest BCUT2D eigenvalue weighted by Crippen LogP contribution is 1.91. The third kappa shape index (κ3) is 57.7. The fraction of sp³-hybridized carbons (Fsp3) is 0.536. The van der Waals surface area contributed by atoms with Crippen molar-refractivity contribution in [2.24, 2.45) is 11.5 Å². The summed E-state index contributed by atoms with van der Waals surface area (Å²) in [5, 5.41) is 14.9. The first kappa shape index (κ1) is 49.6. The molecule has 10 N–H and O–H groups in total. The van der Waals surface area contributed by atoms with Crippen molar-refractivity contribution in [3.05, 3.63) is 36.5 Å². The summed E-state index contributed by atoms with van der Waals surface area (Å²) in [5.74, 6) is -0.601. The van der Waals surface area contributed by atoms with Gasteiger partial charge in [0.2, 0.25) is 40.7 Å². The molecule has 6 amide bonds. The molecule has 0 aromatic carbocycles. The summed E-state index contributed by atoms with van der Waals surface area (Å²) in [6, 6.07) is 0. The van der Waals surface area contributed by atoms with E-state index in [4.69, 9.17) is 23.1 Å². The smallest absolute Gasteiger partial charge is 0.247 e. The molecule has 44 heavy (non-hydrogen) atoms. The first-order valence-electron chi connectivity index (χ1n) is 13.4. The van der Waals surface area contributed by atoms with Crippen molar-refractivity contribution in [3.8, 4) is 0 Å². The second kappa shape index (κ2) is 35.1. The Morgan fingerprint density at radius 3 is 0.795 bits per heavy atom. The highest BCUT2D eigenvalue weighted by Gasteiger charge is 2.00. The molecule has 0 aliphatic rings. The first-order chi connectivity index (χ1) is 20.3. The Morgan fingerprint density at radius 2 is 0.659 bits per heavy atom. The van der Waals surface area contributed by atoms with Gasteiger partial charge in [-0.05, 0) is 32.4 Å². The molecule has 0 fully saturated rings. The maximum Gasteiger partial charge on any atom is 0.247 e. The SMILES string of the molecule is C=C(C)C(=O)Cl.C=C(C)C(=O)NCCNC(C)=O.C=C(C)C(=O)NCCNC(C)=O.CC(=O)NCCN.CC(=O)NCCN. The number of halogens is 1. The van der Waals surface area contributed by atoms with Gasteiger partial charge in [-0.3, -0.25) is 33.6 Å². The summed E-state index contributed by atoms with van der Waals surface area (Å²) in [5.41, 5.74) is 11.5.